The van der Waals surface area contributed by atoms with Gasteiger partial charge in [0.25, 0.3) is 0 Å². The van der Waals surface area contributed by atoms with Crippen LogP contribution in [0.4, 0.5) is 4.39 Å². The van der Waals surface area contributed by atoms with E-state index in [1.807, 2.05) is 0 Å². The van der Waals surface area contributed by atoms with E-state index in [4.69, 9.17) is 11.6 Å². The van der Waals surface area contributed by atoms with Gasteiger partial charge >= 0.3 is 5.97 Å². The molecule has 0 aliphatic rings. The van der Waals surface area contributed by atoms with Crippen LogP contribution in [0.1, 0.15) is 11.1 Å². The lowest BCUT2D eigenvalue weighted by Gasteiger charge is -2.07. The van der Waals surface area contributed by atoms with Gasteiger partial charge in [-0.15, -0.1) is 0 Å². The molecule has 1 aromatic rings. The average Bonchev–Trinajstić information content (AvgIpc) is 2.22. The zero-order chi connectivity index (χ0) is 11.4. The second kappa shape index (κ2) is 5.47. The van der Waals surface area contributed by atoms with Crippen LogP contribution in [-0.4, -0.2) is 13.1 Å². The fourth-order valence-corrected chi connectivity index (χ4v) is 1.85. The van der Waals surface area contributed by atoms with Gasteiger partial charge < -0.3 is 4.74 Å². The second-order valence-corrected chi connectivity index (χ2v) is 3.89. The number of hydrogen-bond acceptors (Lipinski definition) is 2. The standard InChI is InChI=1S/C10H9BrClFO2/c1-15-10(14)4-6-3-9(13)8(12)2-7(6)5-11/h2-3H,4-5H2,1H3. The Balaban J connectivity index is 3.05. The summed E-state index contributed by atoms with van der Waals surface area (Å²) in [5, 5.41) is 0.567. The van der Waals surface area contributed by atoms with E-state index in [0.717, 1.165) is 5.56 Å². The number of benzene rings is 1. The molecule has 0 radical (unpaired) electrons. The number of ether oxygens (including phenoxy) is 1. The molecular weight excluding hydrogens is 286 g/mol. The van der Waals surface area contributed by atoms with E-state index >= 15 is 0 Å². The molecule has 0 bridgehead atoms. The number of methoxy groups -OCH3 is 1. The zero-order valence-corrected chi connectivity index (χ0v) is 10.4. The van der Waals surface area contributed by atoms with Crippen LogP contribution in [0.3, 0.4) is 0 Å². The van der Waals surface area contributed by atoms with Gasteiger partial charge in [0.1, 0.15) is 5.82 Å². The van der Waals surface area contributed by atoms with Crippen molar-refractivity contribution in [3.63, 3.8) is 0 Å². The Labute approximate surface area is 101 Å². The van der Waals surface area contributed by atoms with Gasteiger partial charge in [0, 0.05) is 5.33 Å². The smallest absolute Gasteiger partial charge is 0.309 e. The average molecular weight is 296 g/mol. The zero-order valence-electron chi connectivity index (χ0n) is 8.02. The number of alkyl halides is 1. The molecule has 0 aromatic heterocycles. The maximum atomic E-state index is 13.2. The quantitative estimate of drug-likeness (QED) is 0.633. The summed E-state index contributed by atoms with van der Waals surface area (Å²) in [4.78, 5) is 11.1. The van der Waals surface area contributed by atoms with Gasteiger partial charge in [0.05, 0.1) is 18.6 Å². The largest absolute Gasteiger partial charge is 0.469 e. The minimum absolute atomic E-state index is 0.0471. The van der Waals surface area contributed by atoms with Crippen LogP contribution >= 0.6 is 27.5 Å². The van der Waals surface area contributed by atoms with Crippen molar-refractivity contribution in [2.75, 3.05) is 7.11 Å². The molecule has 1 aromatic carbocycles. The van der Waals surface area contributed by atoms with Crippen LogP contribution in [0, 0.1) is 5.82 Å². The van der Waals surface area contributed by atoms with Crippen molar-refractivity contribution in [2.45, 2.75) is 11.8 Å². The third-order valence-corrected chi connectivity index (χ3v) is 2.84. The van der Waals surface area contributed by atoms with Crippen LogP contribution in [0.2, 0.25) is 5.02 Å². The first-order chi connectivity index (χ1) is 7.08. The molecule has 1 rings (SSSR count). The van der Waals surface area contributed by atoms with E-state index < -0.39 is 11.8 Å². The van der Waals surface area contributed by atoms with Crippen molar-refractivity contribution >= 4 is 33.5 Å². The molecule has 0 unspecified atom stereocenters. The normalized spacial score (nSPS) is 10.1. The van der Waals surface area contributed by atoms with Crippen molar-refractivity contribution in [2.24, 2.45) is 0 Å². The molecule has 0 aliphatic carbocycles. The molecule has 0 N–H and O–H groups in total. The Hall–Kier alpha value is -0.610. The van der Waals surface area contributed by atoms with E-state index in [1.54, 1.807) is 0 Å². The lowest BCUT2D eigenvalue weighted by Crippen LogP contribution is -2.07. The summed E-state index contributed by atoms with van der Waals surface area (Å²) in [6.07, 6.45) is 0.0471. The Morgan fingerprint density at radius 1 is 1.53 bits per heavy atom. The van der Waals surface area contributed by atoms with Crippen LogP contribution < -0.4 is 0 Å². The number of rotatable bonds is 3. The fourth-order valence-electron chi connectivity index (χ4n) is 1.15. The van der Waals surface area contributed by atoms with Crippen LogP contribution in [-0.2, 0) is 21.3 Å². The van der Waals surface area contributed by atoms with Crippen LogP contribution in [0.5, 0.6) is 0 Å². The molecule has 82 valence electrons. The van der Waals surface area contributed by atoms with Crippen molar-refractivity contribution in [3.05, 3.63) is 34.1 Å². The first-order valence-corrected chi connectivity index (χ1v) is 5.68. The maximum absolute atomic E-state index is 13.2. The molecule has 5 heteroatoms. The highest BCUT2D eigenvalue weighted by Gasteiger charge is 2.11. The molecule has 0 atom stereocenters. The molecule has 0 amide bonds. The van der Waals surface area contributed by atoms with Crippen molar-refractivity contribution < 1.29 is 13.9 Å². The highest BCUT2D eigenvalue weighted by atomic mass is 79.9. The Bertz CT molecular complexity index is 382. The minimum Gasteiger partial charge on any atom is -0.469 e. The minimum atomic E-state index is -0.528. The van der Waals surface area contributed by atoms with Gasteiger partial charge in [-0.2, -0.15) is 0 Å². The Morgan fingerprint density at radius 3 is 2.73 bits per heavy atom. The van der Waals surface area contributed by atoms with Crippen molar-refractivity contribution in [3.8, 4) is 0 Å². The van der Waals surface area contributed by atoms with E-state index in [9.17, 15) is 9.18 Å². The van der Waals surface area contributed by atoms with E-state index in [-0.39, 0.29) is 11.4 Å². The van der Waals surface area contributed by atoms with Crippen molar-refractivity contribution in [1.29, 1.82) is 0 Å². The third kappa shape index (κ3) is 3.18. The second-order valence-electron chi connectivity index (χ2n) is 2.92. The van der Waals surface area contributed by atoms with Crippen LogP contribution in [0.25, 0.3) is 0 Å². The van der Waals surface area contributed by atoms with Gasteiger partial charge in [-0.25, -0.2) is 4.39 Å². The molecule has 0 saturated heterocycles. The molecule has 0 aliphatic heterocycles. The lowest BCUT2D eigenvalue weighted by atomic mass is 10.1. The number of halogens is 3. The summed E-state index contributed by atoms with van der Waals surface area (Å²) < 4.78 is 17.7. The first kappa shape index (κ1) is 12.5. The topological polar surface area (TPSA) is 26.3 Å². The lowest BCUT2D eigenvalue weighted by molar-refractivity contribution is -0.139. The van der Waals surface area contributed by atoms with Gasteiger partial charge in [-0.05, 0) is 23.3 Å². The predicted molar refractivity (Wildman–Crippen MR) is 59.8 cm³/mol. The number of hydrogen-bond donors (Lipinski definition) is 0. The molecule has 2 nitrogen and oxygen atoms in total. The fraction of sp³-hybridized carbons (Fsp3) is 0.300. The monoisotopic (exact) mass is 294 g/mol. The summed E-state index contributed by atoms with van der Waals surface area (Å²) in [5.41, 5.74) is 1.37. The van der Waals surface area contributed by atoms with E-state index in [1.165, 1.54) is 19.2 Å². The van der Waals surface area contributed by atoms with E-state index in [0.29, 0.717) is 10.9 Å². The summed E-state index contributed by atoms with van der Waals surface area (Å²) >= 11 is 8.87. The predicted octanol–water partition coefficient (Wildman–Crippen LogP) is 3.09. The summed E-state index contributed by atoms with van der Waals surface area (Å²) in [5.74, 6) is -0.931. The first-order valence-electron chi connectivity index (χ1n) is 4.18. The highest BCUT2D eigenvalue weighted by Crippen LogP contribution is 2.22. The Morgan fingerprint density at radius 2 is 2.20 bits per heavy atom. The maximum Gasteiger partial charge on any atom is 0.309 e. The molecule has 0 saturated carbocycles. The third-order valence-electron chi connectivity index (χ3n) is 1.95. The van der Waals surface area contributed by atoms with Crippen molar-refractivity contribution in [1.82, 2.24) is 0 Å². The number of carbonyl (C=O) groups excluding carboxylic acids is 1. The molecule has 0 heterocycles. The van der Waals surface area contributed by atoms with Gasteiger partial charge in [0.2, 0.25) is 0 Å². The SMILES string of the molecule is COC(=O)Cc1cc(F)c(Cl)cc1CBr. The number of esters is 1. The highest BCUT2D eigenvalue weighted by molar-refractivity contribution is 9.08. The summed E-state index contributed by atoms with van der Waals surface area (Å²) in [6, 6.07) is 2.76. The van der Waals surface area contributed by atoms with Gasteiger partial charge in [-0.3, -0.25) is 4.79 Å². The molecular formula is C10H9BrClFO2. The van der Waals surface area contributed by atoms with Gasteiger partial charge in [-0.1, -0.05) is 27.5 Å². The molecule has 0 spiro atoms. The van der Waals surface area contributed by atoms with Crippen LogP contribution in [0.15, 0.2) is 12.1 Å². The summed E-state index contributed by atoms with van der Waals surface area (Å²) in [6.45, 7) is 0. The molecule has 0 fully saturated rings. The number of carbonyl (C=O) groups is 1. The summed E-state index contributed by atoms with van der Waals surface area (Å²) in [7, 11) is 1.29. The van der Waals surface area contributed by atoms with Gasteiger partial charge in [0.15, 0.2) is 0 Å². The Kier molecular flexibility index (Phi) is 4.54. The molecule has 15 heavy (non-hydrogen) atoms. The van der Waals surface area contributed by atoms with E-state index in [2.05, 4.69) is 20.7 Å².